The molecule has 1 heterocycles. The highest BCUT2D eigenvalue weighted by Crippen LogP contribution is 2.32. The van der Waals surface area contributed by atoms with Gasteiger partial charge in [0, 0.05) is 24.3 Å². The second-order valence-electron chi connectivity index (χ2n) is 5.41. The third-order valence-corrected chi connectivity index (χ3v) is 4.56. The second kappa shape index (κ2) is 6.45. The summed E-state index contributed by atoms with van der Waals surface area (Å²) in [6, 6.07) is 0.848. The first-order valence-electron chi connectivity index (χ1n) is 6.88. The minimum Gasteiger partial charge on any atom is -0.362 e. The summed E-state index contributed by atoms with van der Waals surface area (Å²) in [7, 11) is 0. The van der Waals surface area contributed by atoms with Crippen LogP contribution >= 0.6 is 11.8 Å². The molecule has 1 aliphatic heterocycles. The van der Waals surface area contributed by atoms with Gasteiger partial charge in [-0.1, -0.05) is 18.2 Å². The number of nitrogens with one attached hydrogen (secondary N) is 2. The number of fused-ring (bicyclic) bond motifs is 1. The molecule has 0 aromatic carbocycles. The highest BCUT2D eigenvalue weighted by atomic mass is 32.2. The van der Waals surface area contributed by atoms with Crippen molar-refractivity contribution in [3.05, 3.63) is 0 Å². The zero-order valence-electron chi connectivity index (χ0n) is 11.2. The lowest BCUT2D eigenvalue weighted by molar-refractivity contribution is -0.121. The molecule has 0 spiro atoms. The molecule has 1 saturated carbocycles. The van der Waals surface area contributed by atoms with Crippen LogP contribution in [0.15, 0.2) is 4.99 Å². The van der Waals surface area contributed by atoms with Crippen LogP contribution in [0.3, 0.4) is 0 Å². The van der Waals surface area contributed by atoms with E-state index >= 15 is 0 Å². The van der Waals surface area contributed by atoms with Gasteiger partial charge in [0.1, 0.15) is 0 Å². The molecule has 2 rings (SSSR count). The minimum atomic E-state index is 0.0916. The summed E-state index contributed by atoms with van der Waals surface area (Å²) in [6.45, 7) is 4.54. The fraction of sp³-hybridized carbons (Fsp3) is 0.846. The third-order valence-electron chi connectivity index (χ3n) is 3.45. The molecule has 0 aromatic heterocycles. The molecule has 2 atom stereocenters. The molecule has 18 heavy (non-hydrogen) atoms. The maximum atomic E-state index is 11.5. The first-order valence-corrected chi connectivity index (χ1v) is 7.87. The molecule has 0 radical (unpaired) electrons. The van der Waals surface area contributed by atoms with Gasteiger partial charge in [0.05, 0.1) is 6.54 Å². The highest BCUT2D eigenvalue weighted by molar-refractivity contribution is 8.13. The molecular formula is C13H23N3OS. The number of thioether (sulfide) groups is 1. The number of carbonyl (C=O) groups is 1. The molecule has 1 amide bonds. The van der Waals surface area contributed by atoms with Crippen molar-refractivity contribution in [1.82, 2.24) is 10.6 Å². The van der Waals surface area contributed by atoms with Gasteiger partial charge < -0.3 is 10.6 Å². The average molecular weight is 269 g/mol. The highest BCUT2D eigenvalue weighted by Gasteiger charge is 2.31. The second-order valence-corrected chi connectivity index (χ2v) is 6.42. The molecule has 2 aliphatic rings. The Bertz CT molecular complexity index is 330. The van der Waals surface area contributed by atoms with Crippen LogP contribution in [-0.4, -0.2) is 35.5 Å². The maximum Gasteiger partial charge on any atom is 0.222 e. The molecular weight excluding hydrogens is 246 g/mol. The van der Waals surface area contributed by atoms with Crippen molar-refractivity contribution in [3.8, 4) is 0 Å². The van der Waals surface area contributed by atoms with Gasteiger partial charge in [-0.05, 0) is 32.6 Å². The lowest BCUT2D eigenvalue weighted by Gasteiger charge is -2.28. The van der Waals surface area contributed by atoms with Gasteiger partial charge in [0.15, 0.2) is 5.17 Å². The van der Waals surface area contributed by atoms with Crippen molar-refractivity contribution in [2.24, 2.45) is 10.9 Å². The van der Waals surface area contributed by atoms with Crippen LogP contribution in [0.25, 0.3) is 0 Å². The summed E-state index contributed by atoms with van der Waals surface area (Å²) in [6.07, 6.45) is 4.46. The van der Waals surface area contributed by atoms with E-state index in [4.69, 9.17) is 0 Å². The van der Waals surface area contributed by atoms with Gasteiger partial charge in [-0.15, -0.1) is 0 Å². The van der Waals surface area contributed by atoms with E-state index in [1.54, 1.807) is 0 Å². The van der Waals surface area contributed by atoms with Crippen molar-refractivity contribution in [1.29, 1.82) is 0 Å². The lowest BCUT2D eigenvalue weighted by Crippen LogP contribution is -2.41. The number of carbonyl (C=O) groups excluding carboxylic acids is 1. The zero-order valence-corrected chi connectivity index (χ0v) is 12.1. The van der Waals surface area contributed by atoms with Crippen LogP contribution in [0.1, 0.15) is 39.5 Å². The normalized spacial score (nSPS) is 29.2. The Kier molecular flexibility index (Phi) is 4.92. The Labute approximate surface area is 113 Å². The molecule has 2 unspecified atom stereocenters. The van der Waals surface area contributed by atoms with E-state index in [2.05, 4.69) is 15.6 Å². The summed E-state index contributed by atoms with van der Waals surface area (Å²) in [5.41, 5.74) is 0. The fourth-order valence-electron chi connectivity index (χ4n) is 2.56. The first kappa shape index (κ1) is 13.7. The average Bonchev–Trinajstić information content (AvgIpc) is 2.75. The molecule has 0 aromatic rings. The van der Waals surface area contributed by atoms with Crippen LogP contribution < -0.4 is 10.6 Å². The Morgan fingerprint density at radius 1 is 1.56 bits per heavy atom. The summed E-state index contributed by atoms with van der Waals surface area (Å²) in [5, 5.41) is 7.43. The van der Waals surface area contributed by atoms with E-state index in [0.29, 0.717) is 19.0 Å². The number of amides is 1. The number of aliphatic imine (C=N–C) groups is 1. The van der Waals surface area contributed by atoms with E-state index in [0.717, 1.165) is 11.1 Å². The van der Waals surface area contributed by atoms with Gasteiger partial charge >= 0.3 is 0 Å². The quantitative estimate of drug-likeness (QED) is 0.818. The number of rotatable bonds is 4. The van der Waals surface area contributed by atoms with E-state index < -0.39 is 0 Å². The number of hydrogen-bond donors (Lipinski definition) is 2. The summed E-state index contributed by atoms with van der Waals surface area (Å²) < 4.78 is 0. The largest absolute Gasteiger partial charge is 0.362 e. The number of amidine groups is 1. The topological polar surface area (TPSA) is 53.5 Å². The van der Waals surface area contributed by atoms with E-state index in [1.807, 2.05) is 25.6 Å². The van der Waals surface area contributed by atoms with Gasteiger partial charge in [-0.3, -0.25) is 9.79 Å². The molecule has 4 nitrogen and oxygen atoms in total. The standard InChI is InChI=1S/C13H23N3OS/c1-9(2)15-12(17)6-7-14-13-16-11-5-3-4-10(11)8-18-13/h9-11H,3-8H2,1-2H3,(H,14,16)(H,15,17). The Morgan fingerprint density at radius 3 is 3.17 bits per heavy atom. The Morgan fingerprint density at radius 2 is 2.39 bits per heavy atom. The van der Waals surface area contributed by atoms with Gasteiger partial charge in [-0.25, -0.2) is 0 Å². The van der Waals surface area contributed by atoms with E-state index in [9.17, 15) is 4.79 Å². The van der Waals surface area contributed by atoms with Crippen LogP contribution in [0.5, 0.6) is 0 Å². The smallest absolute Gasteiger partial charge is 0.222 e. The molecule has 102 valence electrons. The monoisotopic (exact) mass is 269 g/mol. The fourth-order valence-corrected chi connectivity index (χ4v) is 3.75. The van der Waals surface area contributed by atoms with Crippen LogP contribution in [0.2, 0.25) is 0 Å². The first-order chi connectivity index (χ1) is 8.65. The molecule has 5 heteroatoms. The molecule has 2 N–H and O–H groups in total. The summed E-state index contributed by atoms with van der Waals surface area (Å²) in [5.74, 6) is 2.11. The van der Waals surface area contributed by atoms with Crippen molar-refractivity contribution < 1.29 is 4.79 Å². The van der Waals surface area contributed by atoms with Crippen molar-refractivity contribution in [2.75, 3.05) is 12.3 Å². The van der Waals surface area contributed by atoms with Gasteiger partial charge in [0.25, 0.3) is 0 Å². The summed E-state index contributed by atoms with van der Waals surface area (Å²) >= 11 is 1.81. The van der Waals surface area contributed by atoms with Crippen LogP contribution in [0.4, 0.5) is 0 Å². The summed E-state index contributed by atoms with van der Waals surface area (Å²) in [4.78, 5) is 16.0. The lowest BCUT2D eigenvalue weighted by atomic mass is 10.1. The van der Waals surface area contributed by atoms with E-state index in [1.165, 1.54) is 25.0 Å². The molecule has 1 aliphatic carbocycles. The molecule has 2 fully saturated rings. The van der Waals surface area contributed by atoms with Crippen molar-refractivity contribution >= 4 is 22.8 Å². The maximum absolute atomic E-state index is 11.5. The number of nitrogens with zero attached hydrogens (tertiary/aromatic N) is 1. The third kappa shape index (κ3) is 3.90. The zero-order chi connectivity index (χ0) is 13.0. The molecule has 0 bridgehead atoms. The predicted octanol–water partition coefficient (Wildman–Crippen LogP) is 1.76. The van der Waals surface area contributed by atoms with Crippen LogP contribution in [0, 0.1) is 5.92 Å². The van der Waals surface area contributed by atoms with Crippen molar-refractivity contribution in [2.45, 2.75) is 51.6 Å². The van der Waals surface area contributed by atoms with Gasteiger partial charge in [0.2, 0.25) is 5.91 Å². The van der Waals surface area contributed by atoms with Crippen molar-refractivity contribution in [3.63, 3.8) is 0 Å². The Hall–Kier alpha value is -0.710. The SMILES string of the molecule is CC(C)NC(=O)CCN=C1NC2CCCC2CS1. The van der Waals surface area contributed by atoms with E-state index in [-0.39, 0.29) is 11.9 Å². The van der Waals surface area contributed by atoms with Crippen LogP contribution in [-0.2, 0) is 4.79 Å². The predicted molar refractivity (Wildman–Crippen MR) is 76.9 cm³/mol. The molecule has 1 saturated heterocycles. The number of hydrogen-bond acceptors (Lipinski definition) is 3. The minimum absolute atomic E-state index is 0.0916. The Balaban J connectivity index is 1.71. The van der Waals surface area contributed by atoms with Gasteiger partial charge in [-0.2, -0.15) is 0 Å².